The average molecular weight is 276 g/mol. The summed E-state index contributed by atoms with van der Waals surface area (Å²) in [7, 11) is 1.74. The molecule has 1 saturated heterocycles. The van der Waals surface area contributed by atoms with Crippen molar-refractivity contribution in [2.24, 2.45) is 0 Å². The lowest BCUT2D eigenvalue weighted by Crippen LogP contribution is -2.42. The summed E-state index contributed by atoms with van der Waals surface area (Å²) in [5.74, 6) is 0.977. The lowest BCUT2D eigenvalue weighted by molar-refractivity contribution is 0.0327. The molecule has 0 spiro atoms. The fraction of sp³-hybridized carbons (Fsp3) is 0.625. The van der Waals surface area contributed by atoms with Gasteiger partial charge in [0.25, 0.3) is 0 Å². The molecule has 0 bridgehead atoms. The highest BCUT2D eigenvalue weighted by atomic mass is 16.5. The van der Waals surface area contributed by atoms with Crippen molar-refractivity contribution in [2.45, 2.75) is 13.0 Å². The third-order valence-corrected chi connectivity index (χ3v) is 4.34. The lowest BCUT2D eigenvalue weighted by Gasteiger charge is -2.32. The van der Waals surface area contributed by atoms with Crippen LogP contribution in [-0.2, 0) is 17.7 Å². The topological polar surface area (TPSA) is 24.9 Å². The molecule has 0 aliphatic carbocycles. The van der Waals surface area contributed by atoms with Crippen LogP contribution in [0.15, 0.2) is 18.2 Å². The smallest absolute Gasteiger partial charge is 0.119 e. The van der Waals surface area contributed by atoms with E-state index in [1.54, 1.807) is 7.11 Å². The zero-order valence-electron chi connectivity index (χ0n) is 12.3. The van der Waals surface area contributed by atoms with Crippen LogP contribution in [0.5, 0.6) is 5.75 Å². The minimum absolute atomic E-state index is 0.891. The van der Waals surface area contributed by atoms with Gasteiger partial charge in [-0.15, -0.1) is 0 Å². The Morgan fingerprint density at radius 1 is 1.05 bits per heavy atom. The van der Waals surface area contributed by atoms with E-state index in [-0.39, 0.29) is 0 Å². The second-order valence-electron chi connectivity index (χ2n) is 5.61. The number of hydrogen-bond acceptors (Lipinski definition) is 4. The molecule has 4 nitrogen and oxygen atoms in total. The number of nitrogens with zero attached hydrogens (tertiary/aromatic N) is 2. The van der Waals surface area contributed by atoms with E-state index in [9.17, 15) is 0 Å². The van der Waals surface area contributed by atoms with Gasteiger partial charge in [-0.3, -0.25) is 9.80 Å². The Labute approximate surface area is 121 Å². The van der Waals surface area contributed by atoms with Crippen LogP contribution in [0.4, 0.5) is 0 Å². The van der Waals surface area contributed by atoms with Gasteiger partial charge in [-0.2, -0.15) is 0 Å². The van der Waals surface area contributed by atoms with Gasteiger partial charge in [0.1, 0.15) is 5.75 Å². The maximum atomic E-state index is 5.39. The Hall–Kier alpha value is -1.10. The van der Waals surface area contributed by atoms with E-state index in [1.807, 2.05) is 0 Å². The fourth-order valence-corrected chi connectivity index (χ4v) is 3.01. The summed E-state index contributed by atoms with van der Waals surface area (Å²) in [6.07, 6.45) is 1.13. The third kappa shape index (κ3) is 3.32. The largest absolute Gasteiger partial charge is 0.497 e. The van der Waals surface area contributed by atoms with E-state index in [0.717, 1.165) is 64.7 Å². The summed E-state index contributed by atoms with van der Waals surface area (Å²) in [5, 5.41) is 0. The van der Waals surface area contributed by atoms with Gasteiger partial charge in [0.05, 0.1) is 20.3 Å². The van der Waals surface area contributed by atoms with Crippen LogP contribution in [0.3, 0.4) is 0 Å². The molecule has 3 rings (SSSR count). The van der Waals surface area contributed by atoms with Gasteiger partial charge >= 0.3 is 0 Å². The maximum absolute atomic E-state index is 5.39. The molecule has 0 N–H and O–H groups in total. The van der Waals surface area contributed by atoms with Gasteiger partial charge in [0, 0.05) is 39.3 Å². The van der Waals surface area contributed by atoms with Crippen molar-refractivity contribution in [2.75, 3.05) is 53.0 Å². The SMILES string of the molecule is COc1ccc2c(c1)CCN(CCN1CCOCC1)C2. The van der Waals surface area contributed by atoms with Crippen LogP contribution in [-0.4, -0.2) is 62.8 Å². The summed E-state index contributed by atoms with van der Waals surface area (Å²) in [6.45, 7) is 8.50. The van der Waals surface area contributed by atoms with Gasteiger partial charge in [0.15, 0.2) is 0 Å². The third-order valence-electron chi connectivity index (χ3n) is 4.34. The van der Waals surface area contributed by atoms with Crippen LogP contribution < -0.4 is 4.74 Å². The quantitative estimate of drug-likeness (QED) is 0.829. The molecule has 20 heavy (non-hydrogen) atoms. The van der Waals surface area contributed by atoms with Crippen molar-refractivity contribution in [1.82, 2.24) is 9.80 Å². The minimum Gasteiger partial charge on any atom is -0.497 e. The molecule has 2 heterocycles. The zero-order chi connectivity index (χ0) is 13.8. The Morgan fingerprint density at radius 3 is 2.65 bits per heavy atom. The van der Waals surface area contributed by atoms with Crippen molar-refractivity contribution >= 4 is 0 Å². The van der Waals surface area contributed by atoms with E-state index in [2.05, 4.69) is 28.0 Å². The van der Waals surface area contributed by atoms with E-state index in [0.29, 0.717) is 0 Å². The van der Waals surface area contributed by atoms with Crippen LogP contribution >= 0.6 is 0 Å². The number of rotatable bonds is 4. The first-order valence-corrected chi connectivity index (χ1v) is 7.53. The summed E-state index contributed by atoms with van der Waals surface area (Å²) in [5.41, 5.74) is 2.91. The maximum Gasteiger partial charge on any atom is 0.119 e. The number of benzene rings is 1. The molecule has 1 aromatic carbocycles. The van der Waals surface area contributed by atoms with Crippen LogP contribution in [0.2, 0.25) is 0 Å². The first-order chi connectivity index (χ1) is 9.85. The highest BCUT2D eigenvalue weighted by molar-refractivity contribution is 5.37. The van der Waals surface area contributed by atoms with E-state index in [4.69, 9.17) is 9.47 Å². The molecular formula is C16H24N2O2. The van der Waals surface area contributed by atoms with Crippen molar-refractivity contribution in [3.05, 3.63) is 29.3 Å². The van der Waals surface area contributed by atoms with Crippen molar-refractivity contribution in [3.63, 3.8) is 0 Å². The molecule has 0 atom stereocenters. The molecule has 2 aliphatic heterocycles. The van der Waals surface area contributed by atoms with Gasteiger partial charge in [-0.05, 0) is 29.7 Å². The second kappa shape index (κ2) is 6.57. The molecule has 1 fully saturated rings. The monoisotopic (exact) mass is 276 g/mol. The molecule has 1 aromatic rings. The first-order valence-electron chi connectivity index (χ1n) is 7.53. The summed E-state index contributed by atoms with van der Waals surface area (Å²) < 4.78 is 10.7. The summed E-state index contributed by atoms with van der Waals surface area (Å²) in [6, 6.07) is 6.48. The molecule has 2 aliphatic rings. The Balaban J connectivity index is 1.53. The second-order valence-corrected chi connectivity index (χ2v) is 5.61. The number of morpholine rings is 1. The molecule has 0 aromatic heterocycles. The van der Waals surface area contributed by atoms with Crippen molar-refractivity contribution in [3.8, 4) is 5.75 Å². The van der Waals surface area contributed by atoms with Crippen LogP contribution in [0, 0.1) is 0 Å². The number of methoxy groups -OCH3 is 1. The van der Waals surface area contributed by atoms with Gasteiger partial charge in [-0.1, -0.05) is 6.07 Å². The lowest BCUT2D eigenvalue weighted by atomic mass is 9.99. The molecule has 4 heteroatoms. The standard InChI is InChI=1S/C16H24N2O2/c1-19-16-3-2-15-13-18(5-4-14(15)12-16)7-6-17-8-10-20-11-9-17/h2-3,12H,4-11,13H2,1H3. The predicted molar refractivity (Wildman–Crippen MR) is 79.2 cm³/mol. The van der Waals surface area contributed by atoms with Gasteiger partial charge in [0.2, 0.25) is 0 Å². The van der Waals surface area contributed by atoms with Crippen molar-refractivity contribution in [1.29, 1.82) is 0 Å². The Kier molecular flexibility index (Phi) is 4.55. The predicted octanol–water partition coefficient (Wildman–Crippen LogP) is 1.39. The van der Waals surface area contributed by atoms with E-state index in [1.165, 1.54) is 11.1 Å². The molecule has 110 valence electrons. The number of ether oxygens (including phenoxy) is 2. The van der Waals surface area contributed by atoms with Gasteiger partial charge in [-0.25, -0.2) is 0 Å². The molecule has 0 radical (unpaired) electrons. The Morgan fingerprint density at radius 2 is 1.85 bits per heavy atom. The van der Waals surface area contributed by atoms with Crippen LogP contribution in [0.25, 0.3) is 0 Å². The van der Waals surface area contributed by atoms with E-state index < -0.39 is 0 Å². The average Bonchev–Trinajstić information content (AvgIpc) is 2.53. The normalized spacial score (nSPS) is 20.6. The van der Waals surface area contributed by atoms with Crippen LogP contribution in [0.1, 0.15) is 11.1 Å². The minimum atomic E-state index is 0.891. The molecule has 0 unspecified atom stereocenters. The van der Waals surface area contributed by atoms with Gasteiger partial charge < -0.3 is 9.47 Å². The zero-order valence-corrected chi connectivity index (χ0v) is 12.3. The summed E-state index contributed by atoms with van der Waals surface area (Å²) >= 11 is 0. The van der Waals surface area contributed by atoms with E-state index >= 15 is 0 Å². The first kappa shape index (κ1) is 13.9. The highest BCUT2D eigenvalue weighted by Gasteiger charge is 2.18. The number of fused-ring (bicyclic) bond motifs is 1. The molecule has 0 amide bonds. The summed E-state index contributed by atoms with van der Waals surface area (Å²) in [4.78, 5) is 5.07. The fourth-order valence-electron chi connectivity index (χ4n) is 3.01. The molecule has 0 saturated carbocycles. The molecular weight excluding hydrogens is 252 g/mol. The number of hydrogen-bond donors (Lipinski definition) is 0. The van der Waals surface area contributed by atoms with Crippen molar-refractivity contribution < 1.29 is 9.47 Å². The highest BCUT2D eigenvalue weighted by Crippen LogP contribution is 2.23. The Bertz CT molecular complexity index is 444.